The quantitative estimate of drug-likeness (QED) is 0.129. The number of aliphatic imine (C=N–C) groups is 1. The first kappa shape index (κ1) is 35.5. The highest BCUT2D eigenvalue weighted by atomic mass is 35.5. The van der Waals surface area contributed by atoms with Crippen LogP contribution in [0.4, 0.5) is 10.5 Å². The molecule has 1 fully saturated rings. The van der Waals surface area contributed by atoms with Crippen molar-refractivity contribution < 1.29 is 19.1 Å². The van der Waals surface area contributed by atoms with Crippen LogP contribution < -0.4 is 20.3 Å². The minimum atomic E-state index is -0.514. The third kappa shape index (κ3) is 7.67. The number of rotatable bonds is 13. The molecule has 5 heterocycles. The molecule has 0 unspecified atom stereocenters. The van der Waals surface area contributed by atoms with Gasteiger partial charge < -0.3 is 20.1 Å². The second-order valence-corrected chi connectivity index (χ2v) is 14.6. The summed E-state index contributed by atoms with van der Waals surface area (Å²) in [6.45, 7) is 9.55. The van der Waals surface area contributed by atoms with Crippen LogP contribution in [0.15, 0.2) is 59.7 Å². The molecule has 0 aliphatic carbocycles. The van der Waals surface area contributed by atoms with Crippen LogP contribution in [0, 0.1) is 20.8 Å². The molecule has 2 aliphatic rings. The Morgan fingerprint density at radius 3 is 2.71 bits per heavy atom. The first-order valence-corrected chi connectivity index (χ1v) is 18.7. The maximum atomic E-state index is 13.2. The van der Waals surface area contributed by atoms with Crippen LogP contribution in [0.3, 0.4) is 0 Å². The van der Waals surface area contributed by atoms with Crippen molar-refractivity contribution in [3.8, 4) is 10.8 Å². The number of fused-ring (bicyclic) bond motifs is 4. The van der Waals surface area contributed by atoms with Gasteiger partial charge in [-0.1, -0.05) is 23.7 Å². The summed E-state index contributed by atoms with van der Waals surface area (Å²) in [5, 5.41) is 17.4. The van der Waals surface area contributed by atoms with Crippen LogP contribution in [-0.4, -0.2) is 76.9 Å². The standard InChI is InChI=1S/C38H41ClN8O4S/c1-23-24(2)52-37-34(23)35(26-7-9-28(39)10-8-26)43-32(36-45-44-25(3)47(36)37)21-33(48)40-14-5-16-50-17-6-18-51-30-11-12-31-27(20-30)19-29(22-42-31)46-15-4-13-41-38(46)49/h7-12,19-20,22,32H,4-6,13-18,21H2,1-3H3,(H,40,48)(H,41,49)/t32-/m0/s1. The number of aromatic nitrogens is 4. The van der Waals surface area contributed by atoms with Crippen molar-refractivity contribution in [2.75, 3.05) is 44.4 Å². The van der Waals surface area contributed by atoms with Gasteiger partial charge in [0.05, 0.1) is 36.1 Å². The van der Waals surface area contributed by atoms with Gasteiger partial charge in [-0.15, -0.1) is 21.5 Å². The van der Waals surface area contributed by atoms with E-state index in [9.17, 15) is 9.59 Å². The van der Waals surface area contributed by atoms with Gasteiger partial charge in [-0.05, 0) is 75.6 Å². The van der Waals surface area contributed by atoms with E-state index in [1.165, 1.54) is 4.88 Å². The number of ether oxygens (including phenoxy) is 2. The summed E-state index contributed by atoms with van der Waals surface area (Å²) >= 11 is 7.90. The molecule has 2 N–H and O–H groups in total. The molecule has 0 spiro atoms. The number of amides is 3. The molecule has 1 atom stereocenters. The van der Waals surface area contributed by atoms with Crippen LogP contribution >= 0.6 is 22.9 Å². The van der Waals surface area contributed by atoms with Gasteiger partial charge in [-0.25, -0.2) is 4.79 Å². The molecule has 7 rings (SSSR count). The minimum Gasteiger partial charge on any atom is -0.493 e. The maximum Gasteiger partial charge on any atom is 0.321 e. The lowest BCUT2D eigenvalue weighted by atomic mass is 9.99. The average Bonchev–Trinajstić information content (AvgIpc) is 3.62. The molecule has 0 radical (unpaired) electrons. The van der Waals surface area contributed by atoms with E-state index in [-0.39, 0.29) is 18.4 Å². The van der Waals surface area contributed by atoms with Gasteiger partial charge in [0.15, 0.2) is 5.82 Å². The highest BCUT2D eigenvalue weighted by Gasteiger charge is 2.32. The van der Waals surface area contributed by atoms with Crippen LogP contribution in [0.5, 0.6) is 5.75 Å². The van der Waals surface area contributed by atoms with Crippen molar-refractivity contribution in [2.45, 2.75) is 52.5 Å². The number of hydrogen-bond donors (Lipinski definition) is 2. The van der Waals surface area contributed by atoms with Crippen LogP contribution in [-0.2, 0) is 9.53 Å². The van der Waals surface area contributed by atoms with Crippen LogP contribution in [0.2, 0.25) is 5.02 Å². The van der Waals surface area contributed by atoms with Crippen molar-refractivity contribution in [1.29, 1.82) is 0 Å². The van der Waals surface area contributed by atoms with Gasteiger partial charge in [0, 0.05) is 65.7 Å². The Morgan fingerprint density at radius 2 is 1.88 bits per heavy atom. The fourth-order valence-corrected chi connectivity index (χ4v) is 7.79. The Bertz CT molecular complexity index is 2130. The number of carbonyl (C=O) groups excluding carboxylic acids is 2. The van der Waals surface area contributed by atoms with Crippen molar-refractivity contribution in [3.05, 3.63) is 93.0 Å². The summed E-state index contributed by atoms with van der Waals surface area (Å²) in [4.78, 5) is 38.1. The molecule has 3 aromatic heterocycles. The predicted molar refractivity (Wildman–Crippen MR) is 204 cm³/mol. The zero-order valence-corrected chi connectivity index (χ0v) is 31.0. The van der Waals surface area contributed by atoms with E-state index >= 15 is 0 Å². The number of thiophene rings is 1. The predicted octanol–water partition coefficient (Wildman–Crippen LogP) is 6.65. The Hall–Kier alpha value is -4.85. The Kier molecular flexibility index (Phi) is 10.8. The number of halogens is 1. The van der Waals surface area contributed by atoms with E-state index in [1.54, 1.807) is 22.4 Å². The van der Waals surface area contributed by atoms with Gasteiger partial charge in [0.2, 0.25) is 5.91 Å². The lowest BCUT2D eigenvalue weighted by Gasteiger charge is -2.27. The van der Waals surface area contributed by atoms with E-state index in [0.717, 1.165) is 68.4 Å². The van der Waals surface area contributed by atoms with Gasteiger partial charge in [0.1, 0.15) is 22.6 Å². The van der Waals surface area contributed by atoms with E-state index in [4.69, 9.17) is 26.1 Å². The molecule has 1 saturated heterocycles. The smallest absolute Gasteiger partial charge is 0.321 e. The second kappa shape index (κ2) is 15.8. The first-order chi connectivity index (χ1) is 25.3. The Labute approximate surface area is 311 Å². The zero-order valence-electron chi connectivity index (χ0n) is 29.4. The Morgan fingerprint density at radius 1 is 1.06 bits per heavy atom. The number of urea groups is 1. The van der Waals surface area contributed by atoms with Gasteiger partial charge in [0.25, 0.3) is 0 Å². The van der Waals surface area contributed by atoms with Crippen molar-refractivity contribution in [2.24, 2.45) is 4.99 Å². The van der Waals surface area contributed by atoms with Crippen molar-refractivity contribution >= 4 is 57.2 Å². The lowest BCUT2D eigenvalue weighted by Crippen LogP contribution is -2.46. The zero-order chi connectivity index (χ0) is 36.2. The second-order valence-electron chi connectivity index (χ2n) is 12.9. The number of aryl methyl sites for hydroxylation is 2. The summed E-state index contributed by atoms with van der Waals surface area (Å²) in [6, 6.07) is 14.8. The summed E-state index contributed by atoms with van der Waals surface area (Å²) < 4.78 is 13.8. The van der Waals surface area contributed by atoms with Gasteiger partial charge in [-0.3, -0.25) is 24.2 Å². The maximum absolute atomic E-state index is 13.2. The molecule has 12 nitrogen and oxygen atoms in total. The molecule has 0 bridgehead atoms. The van der Waals surface area contributed by atoms with Gasteiger partial charge in [-0.2, -0.15) is 0 Å². The Balaban J connectivity index is 0.881. The summed E-state index contributed by atoms with van der Waals surface area (Å²) in [5.74, 6) is 2.04. The lowest BCUT2D eigenvalue weighted by molar-refractivity contribution is -0.121. The van der Waals surface area contributed by atoms with Crippen LogP contribution in [0.25, 0.3) is 15.9 Å². The minimum absolute atomic E-state index is 0.0971. The monoisotopic (exact) mass is 740 g/mol. The largest absolute Gasteiger partial charge is 0.493 e. The number of benzene rings is 2. The van der Waals surface area contributed by atoms with E-state index in [2.05, 4.69) is 39.7 Å². The molecule has 2 aromatic carbocycles. The van der Waals surface area contributed by atoms with Gasteiger partial charge >= 0.3 is 6.03 Å². The molecular formula is C38H41ClN8O4S. The average molecular weight is 741 g/mol. The summed E-state index contributed by atoms with van der Waals surface area (Å²) in [5.41, 5.74) is 5.55. The number of nitrogens with zero attached hydrogens (tertiary/aromatic N) is 6. The molecule has 3 amide bonds. The van der Waals surface area contributed by atoms with Crippen LogP contribution in [0.1, 0.15) is 64.9 Å². The summed E-state index contributed by atoms with van der Waals surface area (Å²) in [7, 11) is 0. The SMILES string of the molecule is Cc1sc2c(c1C)C(c1ccc(Cl)cc1)=N[C@@H](CC(=O)NCCCOCCCOc1ccc3ncc(N4CCCNC4=O)cc3c1)c1nnc(C)n1-2. The number of hydrogen-bond acceptors (Lipinski definition) is 9. The normalized spacial score (nSPS) is 15.5. The molecule has 5 aromatic rings. The molecule has 14 heteroatoms. The molecular weight excluding hydrogens is 700 g/mol. The van der Waals surface area contributed by atoms with E-state index in [1.807, 2.05) is 60.0 Å². The highest BCUT2D eigenvalue weighted by Crippen LogP contribution is 2.39. The number of anilines is 1. The fraction of sp³-hybridized carbons (Fsp3) is 0.368. The number of carbonyl (C=O) groups is 2. The molecule has 52 heavy (non-hydrogen) atoms. The molecule has 0 saturated carbocycles. The van der Waals surface area contributed by atoms with Crippen molar-refractivity contribution in [3.63, 3.8) is 0 Å². The first-order valence-electron chi connectivity index (χ1n) is 17.6. The van der Waals surface area contributed by atoms with E-state index in [0.29, 0.717) is 56.7 Å². The topological polar surface area (TPSA) is 136 Å². The molecule has 2 aliphatic heterocycles. The van der Waals surface area contributed by atoms with E-state index < -0.39 is 6.04 Å². The highest BCUT2D eigenvalue weighted by molar-refractivity contribution is 7.15. The number of nitrogens with one attached hydrogen (secondary N) is 2. The third-order valence-corrected chi connectivity index (χ3v) is 10.7. The molecule has 270 valence electrons. The number of pyridine rings is 1. The van der Waals surface area contributed by atoms with Crippen molar-refractivity contribution in [1.82, 2.24) is 30.4 Å². The summed E-state index contributed by atoms with van der Waals surface area (Å²) in [6.07, 6.45) is 4.17. The fourth-order valence-electron chi connectivity index (χ4n) is 6.45. The third-order valence-electron chi connectivity index (χ3n) is 9.26.